The number of halogens is 1. The zero-order valence-electron chi connectivity index (χ0n) is 10.4. The summed E-state index contributed by atoms with van der Waals surface area (Å²) in [5, 5.41) is 11.6. The summed E-state index contributed by atoms with van der Waals surface area (Å²) in [5.74, 6) is -1.74. The van der Waals surface area contributed by atoms with Gasteiger partial charge in [0.15, 0.2) is 11.0 Å². The quantitative estimate of drug-likeness (QED) is 0.887. The minimum absolute atomic E-state index is 0.0192. The van der Waals surface area contributed by atoms with Crippen LogP contribution >= 0.6 is 11.6 Å². The molecule has 2 rings (SSSR count). The zero-order chi connectivity index (χ0) is 14.5. The molecule has 1 atom stereocenters. The fourth-order valence-corrected chi connectivity index (χ4v) is 1.86. The second kappa shape index (κ2) is 6.25. The van der Waals surface area contributed by atoms with Crippen molar-refractivity contribution < 1.29 is 19.1 Å². The van der Waals surface area contributed by atoms with Gasteiger partial charge in [0, 0.05) is 6.42 Å². The molecule has 0 saturated heterocycles. The highest BCUT2D eigenvalue weighted by molar-refractivity contribution is 6.29. The van der Waals surface area contributed by atoms with Crippen LogP contribution in [0.2, 0.25) is 5.22 Å². The maximum Gasteiger partial charge on any atom is 0.326 e. The molecule has 0 bridgehead atoms. The minimum Gasteiger partial charge on any atom is -0.480 e. The summed E-state index contributed by atoms with van der Waals surface area (Å²) in [7, 11) is 0. The van der Waals surface area contributed by atoms with E-state index in [1.54, 1.807) is 12.1 Å². The maximum absolute atomic E-state index is 11.8. The first-order chi connectivity index (χ1) is 9.56. The van der Waals surface area contributed by atoms with Crippen LogP contribution in [0.15, 0.2) is 46.9 Å². The van der Waals surface area contributed by atoms with Crippen molar-refractivity contribution in [1.82, 2.24) is 5.32 Å². The Bertz CT molecular complexity index is 609. The number of rotatable bonds is 5. The lowest BCUT2D eigenvalue weighted by Crippen LogP contribution is -2.42. The predicted octanol–water partition coefficient (Wildman–Crippen LogP) is 2.36. The molecule has 5 nitrogen and oxygen atoms in total. The Labute approximate surface area is 120 Å². The molecule has 1 heterocycles. The van der Waals surface area contributed by atoms with Gasteiger partial charge in [-0.1, -0.05) is 30.3 Å². The number of aliphatic carboxylic acids is 1. The van der Waals surface area contributed by atoms with Gasteiger partial charge in [-0.05, 0) is 29.3 Å². The minimum atomic E-state index is -1.11. The first-order valence-electron chi connectivity index (χ1n) is 5.89. The van der Waals surface area contributed by atoms with E-state index >= 15 is 0 Å². The summed E-state index contributed by atoms with van der Waals surface area (Å²) in [6.07, 6.45) is 0.191. The number of carboxylic acids is 1. The number of nitrogens with one attached hydrogen (secondary N) is 1. The number of hydrogen-bond acceptors (Lipinski definition) is 3. The van der Waals surface area contributed by atoms with Gasteiger partial charge in [-0.3, -0.25) is 4.79 Å². The van der Waals surface area contributed by atoms with Crippen molar-refractivity contribution in [3.05, 3.63) is 59.0 Å². The van der Waals surface area contributed by atoms with E-state index in [0.29, 0.717) is 0 Å². The highest BCUT2D eigenvalue weighted by Gasteiger charge is 2.22. The van der Waals surface area contributed by atoms with Crippen LogP contribution in [0.4, 0.5) is 0 Å². The molecular weight excluding hydrogens is 282 g/mol. The molecule has 0 aliphatic heterocycles. The zero-order valence-corrected chi connectivity index (χ0v) is 11.1. The molecule has 0 unspecified atom stereocenters. The summed E-state index contributed by atoms with van der Waals surface area (Å²) in [4.78, 5) is 23.0. The van der Waals surface area contributed by atoms with Gasteiger partial charge in [-0.25, -0.2) is 4.79 Å². The fraction of sp³-hybridized carbons (Fsp3) is 0.143. The Kier molecular flexibility index (Phi) is 4.42. The second-order valence-corrected chi connectivity index (χ2v) is 4.53. The van der Waals surface area contributed by atoms with Crippen molar-refractivity contribution in [2.45, 2.75) is 12.5 Å². The molecule has 2 N–H and O–H groups in total. The molecule has 6 heteroatoms. The highest BCUT2D eigenvalue weighted by Crippen LogP contribution is 2.13. The van der Waals surface area contributed by atoms with E-state index < -0.39 is 17.9 Å². The van der Waals surface area contributed by atoms with Crippen molar-refractivity contribution in [1.29, 1.82) is 0 Å². The van der Waals surface area contributed by atoms with Crippen molar-refractivity contribution in [3.63, 3.8) is 0 Å². The molecule has 0 aliphatic rings. The van der Waals surface area contributed by atoms with Gasteiger partial charge in [-0.15, -0.1) is 0 Å². The van der Waals surface area contributed by atoms with E-state index in [1.807, 2.05) is 18.2 Å². The van der Waals surface area contributed by atoms with Gasteiger partial charge in [0.1, 0.15) is 6.04 Å². The number of amides is 1. The van der Waals surface area contributed by atoms with Crippen molar-refractivity contribution >= 4 is 23.5 Å². The van der Waals surface area contributed by atoms with Crippen molar-refractivity contribution in [2.75, 3.05) is 0 Å². The Morgan fingerprint density at radius 1 is 1.20 bits per heavy atom. The average molecular weight is 294 g/mol. The van der Waals surface area contributed by atoms with E-state index in [0.717, 1.165) is 5.56 Å². The number of hydrogen-bond donors (Lipinski definition) is 2. The average Bonchev–Trinajstić information content (AvgIpc) is 2.86. The van der Waals surface area contributed by atoms with Gasteiger partial charge in [0.2, 0.25) is 0 Å². The monoisotopic (exact) mass is 293 g/mol. The molecular formula is C14H12ClNO4. The number of benzene rings is 1. The number of carbonyl (C=O) groups is 2. The fourth-order valence-electron chi connectivity index (χ4n) is 1.72. The lowest BCUT2D eigenvalue weighted by Gasteiger charge is -2.13. The number of carbonyl (C=O) groups excluding carboxylic acids is 1. The molecule has 104 valence electrons. The smallest absolute Gasteiger partial charge is 0.326 e. The van der Waals surface area contributed by atoms with Crippen LogP contribution in [0.1, 0.15) is 16.1 Å². The van der Waals surface area contributed by atoms with Crippen LogP contribution in [-0.4, -0.2) is 23.0 Å². The molecule has 20 heavy (non-hydrogen) atoms. The predicted molar refractivity (Wildman–Crippen MR) is 72.8 cm³/mol. The van der Waals surface area contributed by atoms with E-state index in [2.05, 4.69) is 5.32 Å². The van der Waals surface area contributed by atoms with Gasteiger partial charge in [-0.2, -0.15) is 0 Å². The van der Waals surface area contributed by atoms with Crippen molar-refractivity contribution in [3.8, 4) is 0 Å². The molecule has 1 amide bonds. The lowest BCUT2D eigenvalue weighted by molar-refractivity contribution is -0.139. The molecule has 2 aromatic rings. The van der Waals surface area contributed by atoms with Crippen LogP contribution < -0.4 is 5.32 Å². The Hall–Kier alpha value is -2.27. The van der Waals surface area contributed by atoms with E-state index in [1.165, 1.54) is 12.1 Å². The van der Waals surface area contributed by atoms with E-state index in [-0.39, 0.29) is 17.4 Å². The summed E-state index contributed by atoms with van der Waals surface area (Å²) in [5.41, 5.74) is 0.817. The van der Waals surface area contributed by atoms with Crippen LogP contribution in [0, 0.1) is 0 Å². The second-order valence-electron chi connectivity index (χ2n) is 4.16. The third kappa shape index (κ3) is 3.61. The third-order valence-corrected chi connectivity index (χ3v) is 2.89. The van der Waals surface area contributed by atoms with E-state index in [9.17, 15) is 9.59 Å². The molecule has 1 aromatic carbocycles. The lowest BCUT2D eigenvalue weighted by atomic mass is 10.1. The maximum atomic E-state index is 11.8. The topological polar surface area (TPSA) is 79.5 Å². The van der Waals surface area contributed by atoms with Gasteiger partial charge in [0.05, 0.1) is 0 Å². The normalized spacial score (nSPS) is 11.8. The highest BCUT2D eigenvalue weighted by atomic mass is 35.5. The third-order valence-electron chi connectivity index (χ3n) is 2.68. The first-order valence-corrected chi connectivity index (χ1v) is 6.27. The van der Waals surface area contributed by atoms with Gasteiger partial charge >= 0.3 is 5.97 Å². The Morgan fingerprint density at radius 3 is 2.45 bits per heavy atom. The molecule has 1 aromatic heterocycles. The van der Waals surface area contributed by atoms with Gasteiger partial charge in [0.25, 0.3) is 5.91 Å². The first kappa shape index (κ1) is 14.1. The van der Waals surface area contributed by atoms with Crippen LogP contribution in [0.3, 0.4) is 0 Å². The summed E-state index contributed by atoms with van der Waals surface area (Å²) in [6, 6.07) is 10.8. The number of carboxylic acid groups (broad SMARTS) is 1. The van der Waals surface area contributed by atoms with Gasteiger partial charge < -0.3 is 14.8 Å². The SMILES string of the molecule is O=C(N[C@@H](Cc1ccccc1)C(=O)O)c1ccc(Cl)o1. The Balaban J connectivity index is 2.06. The number of furan rings is 1. The largest absolute Gasteiger partial charge is 0.480 e. The molecule has 0 radical (unpaired) electrons. The summed E-state index contributed by atoms with van der Waals surface area (Å²) in [6.45, 7) is 0. The summed E-state index contributed by atoms with van der Waals surface area (Å²) >= 11 is 5.57. The van der Waals surface area contributed by atoms with Crippen LogP contribution in [0.25, 0.3) is 0 Å². The molecule has 0 aliphatic carbocycles. The molecule has 0 saturated carbocycles. The summed E-state index contributed by atoms with van der Waals surface area (Å²) < 4.78 is 4.94. The molecule has 0 fully saturated rings. The van der Waals surface area contributed by atoms with E-state index in [4.69, 9.17) is 21.1 Å². The van der Waals surface area contributed by atoms with Crippen LogP contribution in [0.5, 0.6) is 0 Å². The van der Waals surface area contributed by atoms with Crippen molar-refractivity contribution in [2.24, 2.45) is 0 Å². The molecule has 0 spiro atoms. The van der Waals surface area contributed by atoms with Crippen LogP contribution in [-0.2, 0) is 11.2 Å². The standard InChI is InChI=1S/C14H12ClNO4/c15-12-7-6-11(20-12)13(17)16-10(14(18)19)8-9-4-2-1-3-5-9/h1-7,10H,8H2,(H,16,17)(H,18,19)/t10-/m0/s1. The Morgan fingerprint density at radius 2 is 1.90 bits per heavy atom.